The number of aliphatic carboxylic acids is 1. The van der Waals surface area contributed by atoms with Crippen LogP contribution in [-0.4, -0.2) is 97.0 Å². The Kier molecular flexibility index (Phi) is 13.1. The van der Waals surface area contributed by atoms with Crippen LogP contribution in [0.5, 0.6) is 0 Å². The molecule has 0 atom stereocenters. The minimum absolute atomic E-state index is 0.0476. The van der Waals surface area contributed by atoms with Gasteiger partial charge in [-0.15, -0.1) is 0 Å². The van der Waals surface area contributed by atoms with Gasteiger partial charge in [0.25, 0.3) is 0 Å². The molecule has 1 aromatic rings. The van der Waals surface area contributed by atoms with E-state index in [1.165, 1.54) is 0 Å². The maximum atomic E-state index is 11.5. The first-order valence-electron chi connectivity index (χ1n) is 10.8. The van der Waals surface area contributed by atoms with Crippen LogP contribution in [0, 0.1) is 11.3 Å². The molecule has 9 heteroatoms. The van der Waals surface area contributed by atoms with Crippen LogP contribution in [0.1, 0.15) is 19.4 Å². The molecule has 0 aliphatic carbocycles. The highest BCUT2D eigenvalue weighted by molar-refractivity contribution is 5.94. The van der Waals surface area contributed by atoms with Crippen molar-refractivity contribution < 1.29 is 14.7 Å². The predicted molar refractivity (Wildman–Crippen MR) is 121 cm³/mol. The third-order valence-electron chi connectivity index (χ3n) is 4.91. The fourth-order valence-electron chi connectivity index (χ4n) is 3.29. The van der Waals surface area contributed by atoms with Crippen molar-refractivity contribution in [1.29, 1.82) is 5.26 Å². The zero-order valence-electron chi connectivity index (χ0n) is 18.7. The van der Waals surface area contributed by atoms with Gasteiger partial charge in [-0.05, 0) is 17.7 Å². The fourth-order valence-corrected chi connectivity index (χ4v) is 3.29. The largest absolute Gasteiger partial charge is 0.480 e. The smallest absolute Gasteiger partial charge is 0.317 e. The Morgan fingerprint density at radius 2 is 1.48 bits per heavy atom. The highest BCUT2D eigenvalue weighted by Gasteiger charge is 2.17. The monoisotopic (exact) mass is 432 g/mol. The molecule has 1 aliphatic rings. The predicted octanol–water partition coefficient (Wildman–Crippen LogP) is 0.481. The maximum Gasteiger partial charge on any atom is 0.317 e. The topological polar surface area (TPSA) is 126 Å². The van der Waals surface area contributed by atoms with Crippen LogP contribution in [0.2, 0.25) is 0 Å². The van der Waals surface area contributed by atoms with E-state index in [1.807, 2.05) is 47.9 Å². The molecule has 1 aliphatic heterocycles. The van der Waals surface area contributed by atoms with Crippen molar-refractivity contribution in [2.75, 3.05) is 71.2 Å². The number of nitrogens with two attached hydrogens (primary N) is 1. The lowest BCUT2D eigenvalue weighted by Gasteiger charge is -2.30. The van der Waals surface area contributed by atoms with Crippen LogP contribution in [0.25, 0.3) is 0 Å². The van der Waals surface area contributed by atoms with Crippen molar-refractivity contribution in [1.82, 2.24) is 20.0 Å². The minimum Gasteiger partial charge on any atom is -0.480 e. The summed E-state index contributed by atoms with van der Waals surface area (Å²) < 4.78 is 0. The Morgan fingerprint density at radius 3 is 2.03 bits per heavy atom. The number of hydrogen-bond donors (Lipinski definition) is 3. The molecule has 0 aromatic heterocycles. The van der Waals surface area contributed by atoms with Crippen LogP contribution in [0.15, 0.2) is 24.3 Å². The Bertz CT molecular complexity index is 704. The number of nitrogens with zero attached hydrogens (tertiary/aromatic N) is 4. The normalized spacial score (nSPS) is 17.3. The van der Waals surface area contributed by atoms with E-state index in [9.17, 15) is 14.7 Å². The lowest BCUT2D eigenvalue weighted by atomic mass is 10.2. The van der Waals surface area contributed by atoms with Gasteiger partial charge < -0.3 is 16.2 Å². The van der Waals surface area contributed by atoms with Gasteiger partial charge in [0.1, 0.15) is 6.07 Å². The molecule has 1 aromatic carbocycles. The number of carbonyl (C=O) groups excluding carboxylic acids is 1. The number of hydrogen-bond acceptors (Lipinski definition) is 8. The maximum absolute atomic E-state index is 11.5. The fraction of sp³-hybridized carbons (Fsp3) is 0.591. The van der Waals surface area contributed by atoms with Crippen molar-refractivity contribution in [2.45, 2.75) is 20.4 Å². The number of nitrogen functional groups attached to an aromatic ring is 1. The van der Waals surface area contributed by atoms with Crippen molar-refractivity contribution in [2.24, 2.45) is 0 Å². The van der Waals surface area contributed by atoms with Gasteiger partial charge in [-0.25, -0.2) is 0 Å². The van der Waals surface area contributed by atoms with E-state index in [-0.39, 0.29) is 13.1 Å². The Morgan fingerprint density at radius 1 is 0.968 bits per heavy atom. The molecular weight excluding hydrogens is 396 g/mol. The molecule has 0 spiro atoms. The van der Waals surface area contributed by atoms with Crippen LogP contribution in [0.4, 0.5) is 5.69 Å². The second-order valence-electron chi connectivity index (χ2n) is 7.25. The molecule has 0 bridgehead atoms. The summed E-state index contributed by atoms with van der Waals surface area (Å²) in [6.07, 6.45) is 0. The molecule has 4 N–H and O–H groups in total. The Balaban J connectivity index is 0.00000233. The zero-order valence-corrected chi connectivity index (χ0v) is 18.7. The number of ketones is 1. The number of carbonyl (C=O) groups is 2. The van der Waals surface area contributed by atoms with E-state index in [0.29, 0.717) is 32.7 Å². The molecule has 2 rings (SSSR count). The molecule has 0 saturated carbocycles. The average molecular weight is 433 g/mol. The molecule has 0 radical (unpaired) electrons. The van der Waals surface area contributed by atoms with Crippen LogP contribution in [-0.2, 0) is 16.1 Å². The molecule has 0 amide bonds. The number of benzene rings is 1. The van der Waals surface area contributed by atoms with Crippen LogP contribution >= 0.6 is 0 Å². The standard InChI is InChI=1S/C20H30N6O3.C2H6/c21-13-19(27)15-25-8-6-23-5-7-24(14-17-1-3-18(22)4-2-17)9-11-26(12-10-25)16-20(28)29;1-2/h1-4,23H,5-12,14-16,22H2,(H,28,29);1-2H3. The van der Waals surface area contributed by atoms with Gasteiger partial charge in [-0.1, -0.05) is 26.0 Å². The van der Waals surface area contributed by atoms with Gasteiger partial charge in [-0.3, -0.25) is 24.3 Å². The summed E-state index contributed by atoms with van der Waals surface area (Å²) in [4.78, 5) is 28.9. The highest BCUT2D eigenvalue weighted by Crippen LogP contribution is 2.09. The Labute approximate surface area is 185 Å². The summed E-state index contributed by atoms with van der Waals surface area (Å²) in [5, 5.41) is 21.4. The molecule has 0 unspecified atom stereocenters. The Hall–Kier alpha value is -2.51. The lowest BCUT2D eigenvalue weighted by molar-refractivity contribution is -0.138. The first-order valence-corrected chi connectivity index (χ1v) is 10.8. The zero-order chi connectivity index (χ0) is 23.1. The first-order chi connectivity index (χ1) is 15.0. The SMILES string of the molecule is CC.N#CC(=O)CN1CCNCCN(Cc2ccc(N)cc2)CCN(CC(=O)O)CC1. The lowest BCUT2D eigenvalue weighted by Crippen LogP contribution is -2.46. The summed E-state index contributed by atoms with van der Waals surface area (Å²) >= 11 is 0. The molecule has 172 valence electrons. The second kappa shape index (κ2) is 15.3. The van der Waals surface area contributed by atoms with Crippen molar-refractivity contribution in [3.63, 3.8) is 0 Å². The average Bonchev–Trinajstić information content (AvgIpc) is 2.76. The van der Waals surface area contributed by atoms with Crippen LogP contribution in [0.3, 0.4) is 0 Å². The number of nitriles is 1. The second-order valence-corrected chi connectivity index (χ2v) is 7.25. The van der Waals surface area contributed by atoms with E-state index < -0.39 is 11.8 Å². The van der Waals surface area contributed by atoms with Crippen molar-refractivity contribution in [3.8, 4) is 6.07 Å². The van der Waals surface area contributed by atoms with Gasteiger partial charge in [0, 0.05) is 64.6 Å². The number of carboxylic acid groups (broad SMARTS) is 1. The summed E-state index contributed by atoms with van der Waals surface area (Å²) in [5.41, 5.74) is 7.66. The molecule has 31 heavy (non-hydrogen) atoms. The molecule has 9 nitrogen and oxygen atoms in total. The van der Waals surface area contributed by atoms with Crippen molar-refractivity contribution in [3.05, 3.63) is 29.8 Å². The minimum atomic E-state index is -0.872. The number of nitrogens with one attached hydrogen (secondary N) is 1. The van der Waals surface area contributed by atoms with E-state index in [4.69, 9.17) is 11.0 Å². The first kappa shape index (κ1) is 26.5. The van der Waals surface area contributed by atoms with Gasteiger partial charge in [-0.2, -0.15) is 5.26 Å². The number of Topliss-reactive ketones (excluding diaryl/α,β-unsaturated/α-hetero) is 1. The summed E-state index contributed by atoms with van der Waals surface area (Å²) in [7, 11) is 0. The third-order valence-corrected chi connectivity index (χ3v) is 4.91. The van der Waals surface area contributed by atoms with Gasteiger partial charge in [0.05, 0.1) is 13.1 Å². The van der Waals surface area contributed by atoms with Crippen LogP contribution < -0.4 is 11.1 Å². The molecule has 1 heterocycles. The van der Waals surface area contributed by atoms with Gasteiger partial charge in [0.15, 0.2) is 0 Å². The van der Waals surface area contributed by atoms with E-state index in [1.54, 1.807) is 6.07 Å². The summed E-state index contributed by atoms with van der Waals surface area (Å²) in [6, 6.07) is 9.45. The summed E-state index contributed by atoms with van der Waals surface area (Å²) in [6.45, 7) is 10.1. The highest BCUT2D eigenvalue weighted by atomic mass is 16.4. The van der Waals surface area contributed by atoms with E-state index in [0.717, 1.165) is 37.4 Å². The van der Waals surface area contributed by atoms with Gasteiger partial charge in [0.2, 0.25) is 5.78 Å². The van der Waals surface area contributed by atoms with Crippen molar-refractivity contribution >= 4 is 17.4 Å². The van der Waals surface area contributed by atoms with E-state index >= 15 is 0 Å². The number of anilines is 1. The molecular formula is C22H36N6O3. The van der Waals surface area contributed by atoms with E-state index in [2.05, 4.69) is 10.2 Å². The number of carboxylic acids is 1. The molecule has 1 saturated heterocycles. The quantitative estimate of drug-likeness (QED) is 0.435. The summed E-state index contributed by atoms with van der Waals surface area (Å²) in [5.74, 6) is -1.35. The third kappa shape index (κ3) is 11.5. The number of rotatable bonds is 6. The molecule has 1 fully saturated rings. The van der Waals surface area contributed by atoms with Gasteiger partial charge >= 0.3 is 5.97 Å².